The first-order valence-electron chi connectivity index (χ1n) is 6.00. The van der Waals surface area contributed by atoms with Gasteiger partial charge in [-0.2, -0.15) is 0 Å². The largest absolute Gasteiger partial charge is 0.378 e. The number of hydrogen-bond acceptors (Lipinski definition) is 5. The first-order chi connectivity index (χ1) is 9.42. The minimum Gasteiger partial charge on any atom is -0.378 e. The average Bonchev–Trinajstić information content (AvgIpc) is 2.88. The van der Waals surface area contributed by atoms with Gasteiger partial charge < -0.3 is 10.6 Å². The second kappa shape index (κ2) is 5.82. The molecule has 20 heavy (non-hydrogen) atoms. The number of hydrogen-bond donors (Lipinski definition) is 2. The predicted octanol–water partition coefficient (Wildman–Crippen LogP) is 2.07. The Kier molecular flexibility index (Phi) is 4.32. The third-order valence-electron chi connectivity index (χ3n) is 2.78. The Morgan fingerprint density at radius 1 is 1.25 bits per heavy atom. The van der Waals surface area contributed by atoms with Crippen molar-refractivity contribution in [2.45, 2.75) is 11.4 Å². The van der Waals surface area contributed by atoms with E-state index in [0.29, 0.717) is 12.2 Å². The minimum atomic E-state index is -3.54. The van der Waals surface area contributed by atoms with Gasteiger partial charge in [0.25, 0.3) is 10.0 Å². The molecule has 1 heterocycles. The van der Waals surface area contributed by atoms with E-state index in [1.165, 1.54) is 11.3 Å². The van der Waals surface area contributed by atoms with E-state index in [0.717, 1.165) is 10.6 Å². The van der Waals surface area contributed by atoms with Crippen molar-refractivity contribution >= 4 is 32.7 Å². The van der Waals surface area contributed by atoms with Gasteiger partial charge in [-0.05, 0) is 30.3 Å². The third-order valence-corrected chi connectivity index (χ3v) is 5.25. The van der Waals surface area contributed by atoms with E-state index in [2.05, 4.69) is 4.72 Å². The van der Waals surface area contributed by atoms with Gasteiger partial charge in [-0.1, -0.05) is 0 Å². The number of rotatable bonds is 5. The number of benzene rings is 1. The number of nitrogens with one attached hydrogen (secondary N) is 1. The average molecular weight is 311 g/mol. The van der Waals surface area contributed by atoms with Crippen LogP contribution in [0, 0.1) is 0 Å². The third kappa shape index (κ3) is 3.30. The number of anilines is 2. The minimum absolute atomic E-state index is 0.250. The summed E-state index contributed by atoms with van der Waals surface area (Å²) >= 11 is 1.34. The van der Waals surface area contributed by atoms with Crippen molar-refractivity contribution in [2.24, 2.45) is 5.73 Å². The normalized spacial score (nSPS) is 11.3. The molecule has 7 heteroatoms. The standard InChI is InChI=1S/C13H17N3O2S2/c1-16(2)11-5-3-10(4-6-11)15-20(17,18)13-7-12(8-14)19-9-13/h3-7,9,15H,8,14H2,1-2H3. The van der Waals surface area contributed by atoms with Gasteiger partial charge in [0.1, 0.15) is 0 Å². The molecule has 0 atom stereocenters. The Morgan fingerprint density at radius 2 is 1.90 bits per heavy atom. The highest BCUT2D eigenvalue weighted by Gasteiger charge is 2.16. The fourth-order valence-corrected chi connectivity index (χ4v) is 3.86. The van der Waals surface area contributed by atoms with Crippen LogP contribution in [0.3, 0.4) is 0 Å². The van der Waals surface area contributed by atoms with Gasteiger partial charge >= 0.3 is 0 Å². The van der Waals surface area contributed by atoms with Crippen molar-refractivity contribution < 1.29 is 8.42 Å². The lowest BCUT2D eigenvalue weighted by molar-refractivity contribution is 0.601. The summed E-state index contributed by atoms with van der Waals surface area (Å²) in [5, 5.41) is 1.60. The summed E-state index contributed by atoms with van der Waals surface area (Å²) in [6, 6.07) is 8.79. The monoisotopic (exact) mass is 311 g/mol. The van der Waals surface area contributed by atoms with Gasteiger partial charge in [-0.25, -0.2) is 8.42 Å². The molecule has 0 aliphatic heterocycles. The van der Waals surface area contributed by atoms with Crippen LogP contribution in [0.25, 0.3) is 0 Å². The lowest BCUT2D eigenvalue weighted by Gasteiger charge is -2.13. The fraction of sp³-hybridized carbons (Fsp3) is 0.231. The van der Waals surface area contributed by atoms with Crippen molar-refractivity contribution in [3.8, 4) is 0 Å². The van der Waals surface area contributed by atoms with E-state index in [9.17, 15) is 8.42 Å². The molecular formula is C13H17N3O2S2. The number of nitrogens with zero attached hydrogens (tertiary/aromatic N) is 1. The van der Waals surface area contributed by atoms with E-state index in [1.807, 2.05) is 31.1 Å². The molecular weight excluding hydrogens is 294 g/mol. The molecule has 0 saturated heterocycles. The Morgan fingerprint density at radius 3 is 2.40 bits per heavy atom. The zero-order chi connectivity index (χ0) is 14.8. The molecule has 0 spiro atoms. The molecule has 0 fully saturated rings. The summed E-state index contributed by atoms with van der Waals surface area (Å²) in [7, 11) is 0.314. The lowest BCUT2D eigenvalue weighted by Crippen LogP contribution is -2.13. The van der Waals surface area contributed by atoms with Crippen LogP contribution in [0.15, 0.2) is 40.6 Å². The predicted molar refractivity (Wildman–Crippen MR) is 83.8 cm³/mol. The molecule has 1 aromatic carbocycles. The van der Waals surface area contributed by atoms with Crippen LogP contribution in [0.2, 0.25) is 0 Å². The zero-order valence-electron chi connectivity index (χ0n) is 11.3. The van der Waals surface area contributed by atoms with E-state index in [-0.39, 0.29) is 4.90 Å². The van der Waals surface area contributed by atoms with E-state index in [1.54, 1.807) is 23.6 Å². The van der Waals surface area contributed by atoms with Crippen LogP contribution in [-0.2, 0) is 16.6 Å². The number of thiophene rings is 1. The molecule has 2 aromatic rings. The van der Waals surface area contributed by atoms with Gasteiger partial charge in [-0.15, -0.1) is 11.3 Å². The fourth-order valence-electron chi connectivity index (χ4n) is 1.65. The molecule has 0 amide bonds. The van der Waals surface area contributed by atoms with Crippen LogP contribution in [0.4, 0.5) is 11.4 Å². The van der Waals surface area contributed by atoms with E-state index < -0.39 is 10.0 Å². The molecule has 108 valence electrons. The summed E-state index contributed by atoms with van der Waals surface area (Å²) < 4.78 is 26.9. The summed E-state index contributed by atoms with van der Waals surface area (Å²) in [4.78, 5) is 3.04. The molecule has 3 N–H and O–H groups in total. The van der Waals surface area contributed by atoms with Crippen molar-refractivity contribution in [1.29, 1.82) is 0 Å². The zero-order valence-corrected chi connectivity index (χ0v) is 13.0. The first kappa shape index (κ1) is 14.8. The quantitative estimate of drug-likeness (QED) is 0.886. The Balaban J connectivity index is 2.19. The van der Waals surface area contributed by atoms with Crippen molar-refractivity contribution in [1.82, 2.24) is 0 Å². The van der Waals surface area contributed by atoms with Crippen LogP contribution >= 0.6 is 11.3 Å². The van der Waals surface area contributed by atoms with E-state index >= 15 is 0 Å². The first-order valence-corrected chi connectivity index (χ1v) is 8.36. The maximum absolute atomic E-state index is 12.2. The SMILES string of the molecule is CN(C)c1ccc(NS(=O)(=O)c2csc(CN)c2)cc1. The molecule has 0 aliphatic carbocycles. The van der Waals surface area contributed by atoms with Gasteiger partial charge in [0, 0.05) is 42.3 Å². The summed E-state index contributed by atoms with van der Waals surface area (Å²) in [6.07, 6.45) is 0. The van der Waals surface area contributed by atoms with Gasteiger partial charge in [0.15, 0.2) is 0 Å². The van der Waals surface area contributed by atoms with Crippen LogP contribution in [-0.4, -0.2) is 22.5 Å². The maximum atomic E-state index is 12.2. The summed E-state index contributed by atoms with van der Waals surface area (Å²) in [6.45, 7) is 0.345. The number of nitrogens with two attached hydrogens (primary N) is 1. The van der Waals surface area contributed by atoms with Crippen LogP contribution in [0.5, 0.6) is 0 Å². The molecule has 2 rings (SSSR count). The highest BCUT2D eigenvalue weighted by atomic mass is 32.2. The van der Waals surface area contributed by atoms with E-state index in [4.69, 9.17) is 5.73 Å². The molecule has 0 saturated carbocycles. The van der Waals surface area contributed by atoms with Gasteiger partial charge in [0.2, 0.25) is 0 Å². The van der Waals surface area contributed by atoms with Gasteiger partial charge in [0.05, 0.1) is 4.90 Å². The molecule has 5 nitrogen and oxygen atoms in total. The summed E-state index contributed by atoms with van der Waals surface area (Å²) in [5.41, 5.74) is 7.04. The Labute approximate surface area is 123 Å². The Bertz CT molecular complexity index is 676. The maximum Gasteiger partial charge on any atom is 0.262 e. The highest BCUT2D eigenvalue weighted by molar-refractivity contribution is 7.92. The smallest absolute Gasteiger partial charge is 0.262 e. The van der Waals surface area contributed by atoms with Gasteiger partial charge in [-0.3, -0.25) is 4.72 Å². The topological polar surface area (TPSA) is 75.4 Å². The van der Waals surface area contributed by atoms with Crippen LogP contribution in [0.1, 0.15) is 4.88 Å². The second-order valence-electron chi connectivity index (χ2n) is 4.50. The molecule has 0 unspecified atom stereocenters. The van der Waals surface area contributed by atoms with Crippen molar-refractivity contribution in [3.63, 3.8) is 0 Å². The highest BCUT2D eigenvalue weighted by Crippen LogP contribution is 2.23. The molecule has 0 aliphatic rings. The van der Waals surface area contributed by atoms with Crippen molar-refractivity contribution in [3.05, 3.63) is 40.6 Å². The lowest BCUT2D eigenvalue weighted by atomic mass is 10.3. The second-order valence-corrected chi connectivity index (χ2v) is 7.18. The molecule has 0 bridgehead atoms. The summed E-state index contributed by atoms with van der Waals surface area (Å²) in [5.74, 6) is 0. The van der Waals surface area contributed by atoms with Crippen LogP contribution < -0.4 is 15.4 Å². The molecule has 0 radical (unpaired) electrons. The molecule has 1 aromatic heterocycles. The Hall–Kier alpha value is -1.57. The number of sulfonamides is 1. The van der Waals surface area contributed by atoms with Crippen molar-refractivity contribution in [2.75, 3.05) is 23.7 Å².